The molecule has 0 unspecified atom stereocenters. The quantitative estimate of drug-likeness (QED) is 0.837. The van der Waals surface area contributed by atoms with E-state index in [9.17, 15) is 14.0 Å². The fourth-order valence-electron chi connectivity index (χ4n) is 1.96. The maximum Gasteiger partial charge on any atom is 0.407 e. The zero-order valence-electron chi connectivity index (χ0n) is 10.8. The molecular weight excluding hydrogens is 263 g/mol. The third-order valence-electron chi connectivity index (χ3n) is 3.15. The summed E-state index contributed by atoms with van der Waals surface area (Å²) >= 11 is 0. The molecule has 1 aliphatic heterocycles. The maximum absolute atomic E-state index is 12.7. The van der Waals surface area contributed by atoms with E-state index in [0.29, 0.717) is 26.2 Å². The summed E-state index contributed by atoms with van der Waals surface area (Å²) < 4.78 is 12.7. The van der Waals surface area contributed by atoms with Crippen LogP contribution in [0.25, 0.3) is 6.08 Å². The predicted octanol–water partition coefficient (Wildman–Crippen LogP) is 1.66. The van der Waals surface area contributed by atoms with E-state index in [-0.39, 0.29) is 11.7 Å². The highest BCUT2D eigenvalue weighted by Gasteiger charge is 2.22. The van der Waals surface area contributed by atoms with Gasteiger partial charge in [-0.15, -0.1) is 0 Å². The Morgan fingerprint density at radius 3 is 2.15 bits per heavy atom. The Morgan fingerprint density at radius 2 is 1.60 bits per heavy atom. The van der Waals surface area contributed by atoms with E-state index in [0.717, 1.165) is 5.56 Å². The molecule has 20 heavy (non-hydrogen) atoms. The topological polar surface area (TPSA) is 60.9 Å². The first-order valence-electron chi connectivity index (χ1n) is 6.27. The Morgan fingerprint density at radius 1 is 1.05 bits per heavy atom. The lowest BCUT2D eigenvalue weighted by Gasteiger charge is -2.32. The minimum atomic E-state index is -0.959. The van der Waals surface area contributed by atoms with Crippen LogP contribution >= 0.6 is 0 Å². The minimum absolute atomic E-state index is 0.167. The number of carbonyl (C=O) groups excluding carboxylic acids is 1. The first-order chi connectivity index (χ1) is 9.56. The lowest BCUT2D eigenvalue weighted by molar-refractivity contribution is -0.127. The third-order valence-corrected chi connectivity index (χ3v) is 3.15. The van der Waals surface area contributed by atoms with Gasteiger partial charge in [0, 0.05) is 32.3 Å². The smallest absolute Gasteiger partial charge is 0.407 e. The summed E-state index contributed by atoms with van der Waals surface area (Å²) in [4.78, 5) is 25.5. The van der Waals surface area contributed by atoms with Crippen molar-refractivity contribution in [3.05, 3.63) is 41.7 Å². The largest absolute Gasteiger partial charge is 0.465 e. The number of nitrogens with zero attached hydrogens (tertiary/aromatic N) is 2. The van der Waals surface area contributed by atoms with Crippen LogP contribution in [0.4, 0.5) is 9.18 Å². The maximum atomic E-state index is 12.7. The van der Waals surface area contributed by atoms with Crippen molar-refractivity contribution in [1.82, 2.24) is 9.80 Å². The van der Waals surface area contributed by atoms with Gasteiger partial charge in [-0.1, -0.05) is 12.1 Å². The second-order valence-corrected chi connectivity index (χ2v) is 4.48. The van der Waals surface area contributed by atoms with E-state index in [2.05, 4.69) is 0 Å². The number of rotatable bonds is 2. The van der Waals surface area contributed by atoms with Gasteiger partial charge >= 0.3 is 6.09 Å². The van der Waals surface area contributed by atoms with Crippen molar-refractivity contribution in [3.63, 3.8) is 0 Å². The monoisotopic (exact) mass is 278 g/mol. The van der Waals surface area contributed by atoms with Gasteiger partial charge in [-0.3, -0.25) is 4.79 Å². The average Bonchev–Trinajstić information content (AvgIpc) is 2.46. The number of carboxylic acid groups (broad SMARTS) is 1. The number of carbonyl (C=O) groups is 2. The lowest BCUT2D eigenvalue weighted by Crippen LogP contribution is -2.49. The van der Waals surface area contributed by atoms with E-state index in [1.54, 1.807) is 23.1 Å². The Hall–Kier alpha value is -2.37. The van der Waals surface area contributed by atoms with Crippen LogP contribution in [-0.2, 0) is 4.79 Å². The molecule has 0 radical (unpaired) electrons. The first-order valence-corrected chi connectivity index (χ1v) is 6.27. The van der Waals surface area contributed by atoms with Crippen molar-refractivity contribution in [2.75, 3.05) is 26.2 Å². The van der Waals surface area contributed by atoms with Gasteiger partial charge in [-0.05, 0) is 23.8 Å². The number of hydrogen-bond acceptors (Lipinski definition) is 2. The molecule has 2 rings (SSSR count). The molecule has 1 N–H and O–H groups in total. The van der Waals surface area contributed by atoms with Crippen LogP contribution in [0.2, 0.25) is 0 Å². The number of halogens is 1. The van der Waals surface area contributed by atoms with Gasteiger partial charge in [0.15, 0.2) is 0 Å². The molecule has 2 amide bonds. The van der Waals surface area contributed by atoms with Gasteiger partial charge in [0.05, 0.1) is 0 Å². The number of benzene rings is 1. The van der Waals surface area contributed by atoms with Crippen molar-refractivity contribution in [1.29, 1.82) is 0 Å². The zero-order valence-corrected chi connectivity index (χ0v) is 10.8. The van der Waals surface area contributed by atoms with Crippen molar-refractivity contribution in [2.45, 2.75) is 0 Å². The number of amides is 2. The van der Waals surface area contributed by atoms with Gasteiger partial charge in [0.25, 0.3) is 0 Å². The summed E-state index contributed by atoms with van der Waals surface area (Å²) in [5, 5.41) is 8.82. The average molecular weight is 278 g/mol. The molecule has 1 saturated heterocycles. The molecule has 1 aromatic carbocycles. The van der Waals surface area contributed by atoms with Crippen LogP contribution < -0.4 is 0 Å². The van der Waals surface area contributed by atoms with Crippen LogP contribution in [-0.4, -0.2) is 53.1 Å². The van der Waals surface area contributed by atoms with Gasteiger partial charge in [-0.25, -0.2) is 9.18 Å². The molecule has 1 fully saturated rings. The molecule has 1 heterocycles. The Balaban J connectivity index is 1.89. The SMILES string of the molecule is O=C(O)N1CCN(C(=O)C=Cc2ccc(F)cc2)CC1. The van der Waals surface area contributed by atoms with Crippen LogP contribution in [0.1, 0.15) is 5.56 Å². The highest BCUT2D eigenvalue weighted by atomic mass is 19.1. The molecule has 5 nitrogen and oxygen atoms in total. The molecular formula is C14H15FN2O3. The Kier molecular flexibility index (Phi) is 4.34. The molecule has 0 saturated carbocycles. The highest BCUT2D eigenvalue weighted by Crippen LogP contribution is 2.07. The summed E-state index contributed by atoms with van der Waals surface area (Å²) in [6, 6.07) is 5.83. The Labute approximate surface area is 115 Å². The number of piperazine rings is 1. The molecule has 0 spiro atoms. The van der Waals surface area contributed by atoms with Gasteiger partial charge in [0.1, 0.15) is 5.82 Å². The molecule has 0 aromatic heterocycles. The van der Waals surface area contributed by atoms with Crippen LogP contribution in [0, 0.1) is 5.82 Å². The fraction of sp³-hybridized carbons (Fsp3) is 0.286. The predicted molar refractivity (Wildman–Crippen MR) is 71.6 cm³/mol. The molecule has 0 atom stereocenters. The van der Waals surface area contributed by atoms with E-state index < -0.39 is 6.09 Å². The van der Waals surface area contributed by atoms with E-state index >= 15 is 0 Å². The summed E-state index contributed by atoms with van der Waals surface area (Å²) in [7, 11) is 0. The van der Waals surface area contributed by atoms with Gasteiger partial charge in [0.2, 0.25) is 5.91 Å². The van der Waals surface area contributed by atoms with E-state index in [1.165, 1.54) is 23.1 Å². The molecule has 1 aromatic rings. The van der Waals surface area contributed by atoms with E-state index in [1.807, 2.05) is 0 Å². The summed E-state index contributed by atoms with van der Waals surface area (Å²) in [5.74, 6) is -0.488. The van der Waals surface area contributed by atoms with E-state index in [4.69, 9.17) is 5.11 Å². The first kappa shape index (κ1) is 14.0. The minimum Gasteiger partial charge on any atom is -0.465 e. The molecule has 0 bridgehead atoms. The summed E-state index contributed by atoms with van der Waals surface area (Å²) in [6.45, 7) is 1.43. The normalized spacial score (nSPS) is 15.7. The highest BCUT2D eigenvalue weighted by molar-refractivity contribution is 5.91. The Bertz CT molecular complexity index is 520. The second kappa shape index (κ2) is 6.18. The summed E-state index contributed by atoms with van der Waals surface area (Å²) in [6.07, 6.45) is 2.08. The standard InChI is InChI=1S/C14H15FN2O3/c15-12-4-1-11(2-5-12)3-6-13(18)16-7-9-17(10-8-16)14(19)20/h1-6H,7-10H2,(H,19,20). The summed E-state index contributed by atoms with van der Waals surface area (Å²) in [5.41, 5.74) is 0.740. The van der Waals surface area contributed by atoms with Crippen LogP contribution in [0.15, 0.2) is 30.3 Å². The zero-order chi connectivity index (χ0) is 14.5. The lowest BCUT2D eigenvalue weighted by atomic mass is 10.2. The van der Waals surface area contributed by atoms with Crippen molar-refractivity contribution < 1.29 is 19.1 Å². The van der Waals surface area contributed by atoms with Gasteiger partial charge in [-0.2, -0.15) is 0 Å². The molecule has 6 heteroatoms. The van der Waals surface area contributed by atoms with Gasteiger partial charge < -0.3 is 14.9 Å². The van der Waals surface area contributed by atoms with Crippen LogP contribution in [0.5, 0.6) is 0 Å². The van der Waals surface area contributed by atoms with Crippen molar-refractivity contribution in [3.8, 4) is 0 Å². The van der Waals surface area contributed by atoms with Crippen LogP contribution in [0.3, 0.4) is 0 Å². The molecule has 1 aliphatic rings. The molecule has 0 aliphatic carbocycles. The molecule has 106 valence electrons. The van der Waals surface area contributed by atoms with Crippen molar-refractivity contribution >= 4 is 18.1 Å². The number of hydrogen-bond donors (Lipinski definition) is 1. The fourth-order valence-corrected chi connectivity index (χ4v) is 1.96. The second-order valence-electron chi connectivity index (χ2n) is 4.48. The third kappa shape index (κ3) is 3.57. The van der Waals surface area contributed by atoms with Crippen molar-refractivity contribution in [2.24, 2.45) is 0 Å².